The second kappa shape index (κ2) is 7.44. The molecule has 1 saturated heterocycles. The number of nitrogens with one attached hydrogen (secondary N) is 1. The Morgan fingerprint density at radius 3 is 2.47 bits per heavy atom. The molecule has 1 N–H and O–H groups in total. The number of aromatic nitrogens is 3. The Morgan fingerprint density at radius 2 is 1.77 bits per heavy atom. The first-order valence-corrected chi connectivity index (χ1v) is 10.3. The molecule has 5 rings (SSSR count). The molecule has 1 aliphatic heterocycles. The standard InChI is InChI=1S/C22H24N6O2/c1-26-21(30)17-4-2-3-5-18(17)24-22(26)28-12-10-27(11-13-28)16-8-9-19(23-14-16)25-20(29)15-6-7-15/h2-5,8-9,14-15H,6-7,10-13H2,1H3,(H,23,25,29). The summed E-state index contributed by atoms with van der Waals surface area (Å²) in [5.74, 6) is 1.54. The smallest absolute Gasteiger partial charge is 0.262 e. The number of piperazine rings is 1. The third kappa shape index (κ3) is 3.49. The van der Waals surface area contributed by atoms with Crippen LogP contribution in [-0.2, 0) is 11.8 Å². The number of rotatable bonds is 4. The van der Waals surface area contributed by atoms with Crippen LogP contribution in [0.2, 0.25) is 0 Å². The summed E-state index contributed by atoms with van der Waals surface area (Å²) in [4.78, 5) is 38.1. The fourth-order valence-electron chi connectivity index (χ4n) is 3.87. The maximum Gasteiger partial charge on any atom is 0.262 e. The molecular weight excluding hydrogens is 380 g/mol. The lowest BCUT2D eigenvalue weighted by molar-refractivity contribution is -0.117. The molecule has 1 aromatic carbocycles. The van der Waals surface area contributed by atoms with E-state index in [0.29, 0.717) is 17.2 Å². The molecule has 2 aromatic heterocycles. The number of anilines is 3. The van der Waals surface area contributed by atoms with Gasteiger partial charge in [-0.05, 0) is 37.1 Å². The van der Waals surface area contributed by atoms with Crippen LogP contribution in [0.15, 0.2) is 47.4 Å². The van der Waals surface area contributed by atoms with Gasteiger partial charge in [-0.1, -0.05) is 12.1 Å². The third-order valence-electron chi connectivity index (χ3n) is 5.83. The number of hydrogen-bond donors (Lipinski definition) is 1. The van der Waals surface area contributed by atoms with Crippen molar-refractivity contribution in [1.29, 1.82) is 0 Å². The first kappa shape index (κ1) is 18.6. The van der Waals surface area contributed by atoms with Gasteiger partial charge in [0.25, 0.3) is 5.56 Å². The summed E-state index contributed by atoms with van der Waals surface area (Å²) in [5.41, 5.74) is 1.73. The highest BCUT2D eigenvalue weighted by Crippen LogP contribution is 2.30. The highest BCUT2D eigenvalue weighted by atomic mass is 16.2. The van der Waals surface area contributed by atoms with Gasteiger partial charge in [0.15, 0.2) is 0 Å². The quantitative estimate of drug-likeness (QED) is 0.716. The molecule has 1 saturated carbocycles. The number of carbonyl (C=O) groups is 1. The van der Waals surface area contributed by atoms with Crippen LogP contribution < -0.4 is 20.7 Å². The van der Waals surface area contributed by atoms with Crippen LogP contribution >= 0.6 is 0 Å². The van der Waals surface area contributed by atoms with Gasteiger partial charge in [-0.25, -0.2) is 9.97 Å². The molecule has 154 valence electrons. The van der Waals surface area contributed by atoms with Crippen molar-refractivity contribution >= 4 is 34.3 Å². The van der Waals surface area contributed by atoms with E-state index in [1.54, 1.807) is 11.6 Å². The molecule has 3 aromatic rings. The predicted octanol–water partition coefficient (Wildman–Crippen LogP) is 2.00. The Morgan fingerprint density at radius 1 is 1.03 bits per heavy atom. The highest BCUT2D eigenvalue weighted by molar-refractivity contribution is 5.93. The van der Waals surface area contributed by atoms with Crippen molar-refractivity contribution in [3.05, 3.63) is 52.9 Å². The Kier molecular flexibility index (Phi) is 4.61. The van der Waals surface area contributed by atoms with Crippen LogP contribution in [0.1, 0.15) is 12.8 Å². The summed E-state index contributed by atoms with van der Waals surface area (Å²) in [6.45, 7) is 3.13. The van der Waals surface area contributed by atoms with E-state index < -0.39 is 0 Å². The number of amides is 1. The number of para-hydroxylation sites is 1. The van der Waals surface area contributed by atoms with Crippen molar-refractivity contribution in [2.75, 3.05) is 41.3 Å². The molecule has 8 nitrogen and oxygen atoms in total. The number of nitrogens with zero attached hydrogens (tertiary/aromatic N) is 5. The maximum atomic E-state index is 12.7. The zero-order valence-electron chi connectivity index (χ0n) is 16.9. The second-order valence-corrected chi connectivity index (χ2v) is 7.93. The minimum absolute atomic E-state index is 0.0222. The van der Waals surface area contributed by atoms with Crippen LogP contribution in [0.3, 0.4) is 0 Å². The van der Waals surface area contributed by atoms with Gasteiger partial charge in [-0.2, -0.15) is 0 Å². The lowest BCUT2D eigenvalue weighted by atomic mass is 10.2. The van der Waals surface area contributed by atoms with E-state index in [9.17, 15) is 9.59 Å². The summed E-state index contributed by atoms with van der Waals surface area (Å²) < 4.78 is 1.64. The van der Waals surface area contributed by atoms with Gasteiger partial charge >= 0.3 is 0 Å². The van der Waals surface area contributed by atoms with Crippen molar-refractivity contribution in [2.24, 2.45) is 13.0 Å². The van der Waals surface area contributed by atoms with Gasteiger partial charge < -0.3 is 15.1 Å². The molecule has 30 heavy (non-hydrogen) atoms. The van der Waals surface area contributed by atoms with E-state index in [4.69, 9.17) is 4.98 Å². The molecule has 3 heterocycles. The van der Waals surface area contributed by atoms with Gasteiger partial charge in [0.05, 0.1) is 22.8 Å². The molecule has 2 aliphatic rings. The van der Waals surface area contributed by atoms with Gasteiger partial charge in [-0.15, -0.1) is 0 Å². The normalized spacial score (nSPS) is 16.7. The summed E-state index contributed by atoms with van der Waals surface area (Å²) in [6, 6.07) is 11.3. The van der Waals surface area contributed by atoms with Crippen LogP contribution in [0.25, 0.3) is 10.9 Å². The SMILES string of the molecule is Cn1c(N2CCN(c3ccc(NC(=O)C4CC4)nc3)CC2)nc2ccccc2c1=O. The largest absolute Gasteiger partial charge is 0.367 e. The van der Waals surface area contributed by atoms with Gasteiger partial charge in [-0.3, -0.25) is 14.2 Å². The molecule has 1 aliphatic carbocycles. The zero-order chi connectivity index (χ0) is 20.7. The Labute approximate surface area is 174 Å². The highest BCUT2D eigenvalue weighted by Gasteiger charge is 2.29. The fraction of sp³-hybridized carbons (Fsp3) is 0.364. The topological polar surface area (TPSA) is 83.4 Å². The first-order valence-electron chi connectivity index (χ1n) is 10.3. The number of fused-ring (bicyclic) bond motifs is 1. The Hall–Kier alpha value is -3.42. The molecular formula is C22H24N6O2. The van der Waals surface area contributed by atoms with Crippen molar-refractivity contribution in [3.8, 4) is 0 Å². The molecule has 0 spiro atoms. The van der Waals surface area contributed by atoms with E-state index in [-0.39, 0.29) is 17.4 Å². The third-order valence-corrected chi connectivity index (χ3v) is 5.83. The van der Waals surface area contributed by atoms with E-state index >= 15 is 0 Å². The van der Waals surface area contributed by atoms with Crippen LogP contribution in [-0.4, -0.2) is 46.6 Å². The first-order chi connectivity index (χ1) is 14.6. The van der Waals surface area contributed by atoms with Crippen molar-refractivity contribution in [3.63, 3.8) is 0 Å². The molecule has 0 radical (unpaired) electrons. The van der Waals surface area contributed by atoms with Crippen LogP contribution in [0.5, 0.6) is 0 Å². The Balaban J connectivity index is 1.27. The van der Waals surface area contributed by atoms with Crippen molar-refractivity contribution < 1.29 is 4.79 Å². The molecule has 2 fully saturated rings. The number of carbonyl (C=O) groups excluding carboxylic acids is 1. The predicted molar refractivity (Wildman–Crippen MR) is 117 cm³/mol. The summed E-state index contributed by atoms with van der Waals surface area (Å²) in [7, 11) is 1.78. The number of hydrogen-bond acceptors (Lipinski definition) is 6. The zero-order valence-corrected chi connectivity index (χ0v) is 16.9. The number of pyridine rings is 1. The molecule has 0 atom stereocenters. The van der Waals surface area contributed by atoms with Crippen LogP contribution in [0, 0.1) is 5.92 Å². The average molecular weight is 404 g/mol. The van der Waals surface area contributed by atoms with Gasteiger partial charge in [0.1, 0.15) is 5.82 Å². The Bertz CT molecular complexity index is 1140. The van der Waals surface area contributed by atoms with Gasteiger partial charge in [0, 0.05) is 39.1 Å². The van der Waals surface area contributed by atoms with E-state index in [2.05, 4.69) is 20.1 Å². The van der Waals surface area contributed by atoms with E-state index in [1.807, 2.05) is 42.6 Å². The van der Waals surface area contributed by atoms with Crippen LogP contribution in [0.4, 0.5) is 17.5 Å². The lowest BCUT2D eigenvalue weighted by Crippen LogP contribution is -2.48. The monoisotopic (exact) mass is 404 g/mol. The van der Waals surface area contributed by atoms with Crippen molar-refractivity contribution in [1.82, 2.24) is 14.5 Å². The lowest BCUT2D eigenvalue weighted by Gasteiger charge is -2.37. The molecule has 8 heteroatoms. The van der Waals surface area contributed by atoms with Crippen molar-refractivity contribution in [2.45, 2.75) is 12.8 Å². The summed E-state index contributed by atoms with van der Waals surface area (Å²) >= 11 is 0. The number of benzene rings is 1. The molecule has 1 amide bonds. The molecule has 0 unspecified atom stereocenters. The maximum absolute atomic E-state index is 12.7. The van der Waals surface area contributed by atoms with Gasteiger partial charge in [0.2, 0.25) is 11.9 Å². The molecule has 0 bridgehead atoms. The second-order valence-electron chi connectivity index (χ2n) is 7.93. The fourth-order valence-corrected chi connectivity index (χ4v) is 3.87. The minimum atomic E-state index is -0.0222. The minimum Gasteiger partial charge on any atom is -0.367 e. The van der Waals surface area contributed by atoms with E-state index in [1.165, 1.54) is 0 Å². The summed E-state index contributed by atoms with van der Waals surface area (Å²) in [5, 5.41) is 3.51. The van der Waals surface area contributed by atoms with E-state index in [0.717, 1.165) is 50.2 Å². The summed E-state index contributed by atoms with van der Waals surface area (Å²) in [6.07, 6.45) is 3.76. The average Bonchev–Trinajstić information content (AvgIpc) is 3.63.